The third-order valence-electron chi connectivity index (χ3n) is 3.28. The number of para-hydroxylation sites is 1. The lowest BCUT2D eigenvalue weighted by atomic mass is 10.1. The Bertz CT molecular complexity index is 592. The standard InChI is InChI=1S/C15H20BrNOSi/c1-19(2,3)9-8-14-12(10-18)15(16)11-6-4-5-7-13(11)17-14/h4-7,18H,8-10H2,1-3H3. The number of aliphatic hydroxyl groups is 1. The summed E-state index contributed by atoms with van der Waals surface area (Å²) < 4.78 is 0.992. The summed E-state index contributed by atoms with van der Waals surface area (Å²) >= 11 is 3.62. The minimum Gasteiger partial charge on any atom is -0.392 e. The van der Waals surface area contributed by atoms with Crippen molar-refractivity contribution in [1.29, 1.82) is 0 Å². The van der Waals surface area contributed by atoms with E-state index in [4.69, 9.17) is 4.98 Å². The van der Waals surface area contributed by atoms with Crippen molar-refractivity contribution in [2.45, 2.75) is 38.7 Å². The van der Waals surface area contributed by atoms with Crippen molar-refractivity contribution in [3.05, 3.63) is 40.0 Å². The summed E-state index contributed by atoms with van der Waals surface area (Å²) in [7, 11) is -1.10. The molecule has 1 aromatic heterocycles. The number of aromatic nitrogens is 1. The molecule has 0 spiro atoms. The zero-order chi connectivity index (χ0) is 14.0. The normalized spacial score (nSPS) is 12.1. The zero-order valence-electron chi connectivity index (χ0n) is 11.7. The summed E-state index contributed by atoms with van der Waals surface area (Å²) in [6, 6.07) is 9.26. The molecule has 102 valence electrons. The van der Waals surface area contributed by atoms with Gasteiger partial charge < -0.3 is 5.11 Å². The largest absolute Gasteiger partial charge is 0.392 e. The van der Waals surface area contributed by atoms with Gasteiger partial charge in [0.2, 0.25) is 0 Å². The third-order valence-corrected chi connectivity index (χ3v) is 5.93. The third kappa shape index (κ3) is 3.44. The highest BCUT2D eigenvalue weighted by Gasteiger charge is 2.17. The molecular weight excluding hydrogens is 318 g/mol. The van der Waals surface area contributed by atoms with Crippen molar-refractivity contribution in [3.8, 4) is 0 Å². The molecule has 0 fully saturated rings. The number of rotatable bonds is 4. The molecule has 0 aliphatic carbocycles. The van der Waals surface area contributed by atoms with Crippen LogP contribution in [0.1, 0.15) is 11.3 Å². The van der Waals surface area contributed by atoms with Crippen LogP contribution in [0.15, 0.2) is 28.7 Å². The molecule has 0 atom stereocenters. The van der Waals surface area contributed by atoms with Crippen molar-refractivity contribution < 1.29 is 5.11 Å². The average Bonchev–Trinajstić information content (AvgIpc) is 2.36. The summed E-state index contributed by atoms with van der Waals surface area (Å²) in [6.45, 7) is 7.13. The number of hydrogen-bond acceptors (Lipinski definition) is 2. The van der Waals surface area contributed by atoms with Gasteiger partial charge in [-0.2, -0.15) is 0 Å². The molecule has 2 nitrogen and oxygen atoms in total. The van der Waals surface area contributed by atoms with Gasteiger partial charge >= 0.3 is 0 Å². The summed E-state index contributed by atoms with van der Waals surface area (Å²) in [5.74, 6) is 0. The molecule has 2 aromatic rings. The molecule has 1 N–H and O–H groups in total. The first-order valence-electron chi connectivity index (χ1n) is 6.59. The van der Waals surface area contributed by atoms with Gasteiger partial charge in [-0.05, 0) is 28.4 Å². The number of halogens is 1. The Balaban J connectivity index is 2.47. The molecule has 2 rings (SSSR count). The highest BCUT2D eigenvalue weighted by atomic mass is 79.9. The summed E-state index contributed by atoms with van der Waals surface area (Å²) in [5.41, 5.74) is 2.98. The van der Waals surface area contributed by atoms with Gasteiger partial charge in [-0.15, -0.1) is 0 Å². The van der Waals surface area contributed by atoms with E-state index in [1.807, 2.05) is 24.3 Å². The van der Waals surface area contributed by atoms with Crippen LogP contribution in [0.25, 0.3) is 10.9 Å². The molecule has 0 unspecified atom stereocenters. The number of aliphatic hydroxyl groups excluding tert-OH is 1. The Morgan fingerprint density at radius 3 is 2.53 bits per heavy atom. The quantitative estimate of drug-likeness (QED) is 0.840. The second kappa shape index (κ2) is 5.73. The summed E-state index contributed by atoms with van der Waals surface area (Å²) in [5, 5.41) is 10.7. The van der Waals surface area contributed by atoms with Crippen molar-refractivity contribution in [2.24, 2.45) is 0 Å². The zero-order valence-corrected chi connectivity index (χ0v) is 14.3. The van der Waals surface area contributed by atoms with Crippen molar-refractivity contribution in [2.75, 3.05) is 0 Å². The fourth-order valence-corrected chi connectivity index (χ4v) is 3.80. The van der Waals surface area contributed by atoms with E-state index in [0.717, 1.165) is 33.1 Å². The molecule has 1 aromatic carbocycles. The van der Waals surface area contributed by atoms with E-state index in [2.05, 4.69) is 35.6 Å². The van der Waals surface area contributed by atoms with Gasteiger partial charge in [-0.3, -0.25) is 4.98 Å². The van der Waals surface area contributed by atoms with Crippen LogP contribution in [0.3, 0.4) is 0 Å². The Kier molecular flexibility index (Phi) is 4.43. The van der Waals surface area contributed by atoms with Crippen LogP contribution in [0.5, 0.6) is 0 Å². The maximum atomic E-state index is 9.63. The molecule has 0 saturated carbocycles. The van der Waals surface area contributed by atoms with E-state index in [9.17, 15) is 5.11 Å². The molecule has 19 heavy (non-hydrogen) atoms. The van der Waals surface area contributed by atoms with Gasteiger partial charge in [0.05, 0.1) is 12.1 Å². The van der Waals surface area contributed by atoms with Gasteiger partial charge in [-0.25, -0.2) is 0 Å². The number of aryl methyl sites for hydroxylation is 1. The smallest absolute Gasteiger partial charge is 0.0716 e. The maximum absolute atomic E-state index is 9.63. The number of hydrogen-bond donors (Lipinski definition) is 1. The Labute approximate surface area is 124 Å². The van der Waals surface area contributed by atoms with E-state index in [0.29, 0.717) is 0 Å². The lowest BCUT2D eigenvalue weighted by molar-refractivity contribution is 0.279. The fraction of sp³-hybridized carbons (Fsp3) is 0.400. The summed E-state index contributed by atoms with van der Waals surface area (Å²) in [6.07, 6.45) is 0.953. The number of fused-ring (bicyclic) bond motifs is 1. The van der Waals surface area contributed by atoms with Crippen molar-refractivity contribution in [3.63, 3.8) is 0 Å². The molecule has 0 saturated heterocycles. The van der Waals surface area contributed by atoms with Crippen LogP contribution in [0.4, 0.5) is 0 Å². The average molecular weight is 338 g/mol. The van der Waals surface area contributed by atoms with Crippen molar-refractivity contribution >= 4 is 34.9 Å². The van der Waals surface area contributed by atoms with Gasteiger partial charge in [0, 0.05) is 29.2 Å². The fourth-order valence-electron chi connectivity index (χ4n) is 2.12. The molecule has 0 bridgehead atoms. The van der Waals surface area contributed by atoms with Crippen LogP contribution in [-0.2, 0) is 13.0 Å². The Morgan fingerprint density at radius 2 is 1.89 bits per heavy atom. The first kappa shape index (κ1) is 14.7. The monoisotopic (exact) mass is 337 g/mol. The molecule has 1 heterocycles. The maximum Gasteiger partial charge on any atom is 0.0716 e. The molecule has 0 radical (unpaired) electrons. The predicted molar refractivity (Wildman–Crippen MR) is 87.2 cm³/mol. The summed E-state index contributed by atoms with van der Waals surface area (Å²) in [4.78, 5) is 4.74. The predicted octanol–water partition coefficient (Wildman–Crippen LogP) is 4.37. The second-order valence-electron chi connectivity index (χ2n) is 6.09. The van der Waals surface area contributed by atoms with E-state index < -0.39 is 8.07 Å². The molecule has 0 aliphatic heterocycles. The number of nitrogens with zero attached hydrogens (tertiary/aromatic N) is 1. The number of benzene rings is 1. The van der Waals surface area contributed by atoms with Gasteiger partial charge in [0.1, 0.15) is 0 Å². The van der Waals surface area contributed by atoms with Crippen LogP contribution in [0, 0.1) is 0 Å². The van der Waals surface area contributed by atoms with Gasteiger partial charge in [0.15, 0.2) is 0 Å². The van der Waals surface area contributed by atoms with E-state index in [1.54, 1.807) is 0 Å². The van der Waals surface area contributed by atoms with E-state index >= 15 is 0 Å². The SMILES string of the molecule is C[Si](C)(C)CCc1nc2ccccc2c(Br)c1CO. The van der Waals surface area contributed by atoms with Crippen molar-refractivity contribution in [1.82, 2.24) is 4.98 Å². The van der Waals surface area contributed by atoms with Crippen LogP contribution >= 0.6 is 15.9 Å². The highest BCUT2D eigenvalue weighted by molar-refractivity contribution is 9.10. The van der Waals surface area contributed by atoms with E-state index in [1.165, 1.54) is 6.04 Å². The Hall–Kier alpha value is -0.713. The van der Waals surface area contributed by atoms with E-state index in [-0.39, 0.29) is 6.61 Å². The minimum atomic E-state index is -1.10. The Morgan fingerprint density at radius 1 is 1.21 bits per heavy atom. The molecule has 4 heteroatoms. The van der Waals surface area contributed by atoms with Crippen LogP contribution in [0.2, 0.25) is 25.7 Å². The lowest BCUT2D eigenvalue weighted by Gasteiger charge is -2.17. The van der Waals surface area contributed by atoms with Crippen LogP contribution < -0.4 is 0 Å². The number of pyridine rings is 1. The molecule has 0 amide bonds. The van der Waals surface area contributed by atoms with Gasteiger partial charge in [-0.1, -0.05) is 43.9 Å². The minimum absolute atomic E-state index is 0.0411. The lowest BCUT2D eigenvalue weighted by Crippen LogP contribution is -2.20. The molecular formula is C15H20BrNOSi. The topological polar surface area (TPSA) is 33.1 Å². The second-order valence-corrected chi connectivity index (χ2v) is 12.5. The first-order valence-corrected chi connectivity index (χ1v) is 11.1. The van der Waals surface area contributed by atoms with Crippen LogP contribution in [-0.4, -0.2) is 18.2 Å². The highest BCUT2D eigenvalue weighted by Crippen LogP contribution is 2.30. The first-order chi connectivity index (χ1) is 8.92. The van der Waals surface area contributed by atoms with Gasteiger partial charge in [0.25, 0.3) is 0 Å². The molecule has 0 aliphatic rings.